The van der Waals surface area contributed by atoms with Gasteiger partial charge in [0, 0.05) is 18.3 Å². The Morgan fingerprint density at radius 1 is 1.21 bits per heavy atom. The first-order valence-electron chi connectivity index (χ1n) is 6.56. The van der Waals surface area contributed by atoms with E-state index in [1.807, 2.05) is 44.3 Å². The summed E-state index contributed by atoms with van der Waals surface area (Å²) >= 11 is 0. The van der Waals surface area contributed by atoms with E-state index in [1.54, 1.807) is 6.20 Å². The fraction of sp³-hybridized carbons (Fsp3) is 0.312. The summed E-state index contributed by atoms with van der Waals surface area (Å²) in [6, 6.07) is 10.1. The monoisotopic (exact) mass is 256 g/mol. The van der Waals surface area contributed by atoms with E-state index in [4.69, 9.17) is 4.74 Å². The second kappa shape index (κ2) is 6.23. The molecule has 3 nitrogen and oxygen atoms in total. The SMILES string of the molecule is Cc1ccncc1NCc1ccccc1OC(C)C. The number of anilines is 1. The number of para-hydroxylation sites is 1. The van der Waals surface area contributed by atoms with Crippen LogP contribution in [0.5, 0.6) is 5.75 Å². The summed E-state index contributed by atoms with van der Waals surface area (Å²) in [5.41, 5.74) is 3.40. The standard InChI is InChI=1S/C16H20N2O/c1-12(2)19-16-7-5-4-6-14(16)10-18-15-11-17-9-8-13(15)3/h4-9,11-12,18H,10H2,1-3H3. The molecule has 1 aromatic carbocycles. The van der Waals surface area contributed by atoms with E-state index in [-0.39, 0.29) is 6.10 Å². The summed E-state index contributed by atoms with van der Waals surface area (Å²) in [4.78, 5) is 4.13. The molecular formula is C16H20N2O. The van der Waals surface area contributed by atoms with Gasteiger partial charge in [-0.15, -0.1) is 0 Å². The number of aromatic nitrogens is 1. The van der Waals surface area contributed by atoms with Crippen molar-refractivity contribution >= 4 is 5.69 Å². The van der Waals surface area contributed by atoms with E-state index >= 15 is 0 Å². The summed E-state index contributed by atoms with van der Waals surface area (Å²) in [7, 11) is 0. The maximum absolute atomic E-state index is 5.81. The van der Waals surface area contributed by atoms with Crippen LogP contribution in [0.3, 0.4) is 0 Å². The van der Waals surface area contributed by atoms with Gasteiger partial charge >= 0.3 is 0 Å². The molecule has 2 aromatic rings. The fourth-order valence-electron chi connectivity index (χ4n) is 1.86. The number of hydrogen-bond acceptors (Lipinski definition) is 3. The third-order valence-corrected chi connectivity index (χ3v) is 2.84. The highest BCUT2D eigenvalue weighted by Gasteiger charge is 2.05. The Labute approximate surface area is 114 Å². The van der Waals surface area contributed by atoms with Crippen molar-refractivity contribution in [1.29, 1.82) is 0 Å². The molecule has 0 saturated heterocycles. The molecule has 1 aromatic heterocycles. The number of ether oxygens (including phenoxy) is 1. The molecule has 19 heavy (non-hydrogen) atoms. The molecule has 0 saturated carbocycles. The van der Waals surface area contributed by atoms with Crippen LogP contribution >= 0.6 is 0 Å². The number of pyridine rings is 1. The maximum Gasteiger partial charge on any atom is 0.124 e. The summed E-state index contributed by atoms with van der Waals surface area (Å²) < 4.78 is 5.81. The quantitative estimate of drug-likeness (QED) is 0.883. The average molecular weight is 256 g/mol. The Bertz CT molecular complexity index is 538. The second-order valence-corrected chi connectivity index (χ2v) is 4.82. The number of rotatable bonds is 5. The lowest BCUT2D eigenvalue weighted by molar-refractivity contribution is 0.240. The number of hydrogen-bond donors (Lipinski definition) is 1. The molecule has 0 bridgehead atoms. The smallest absolute Gasteiger partial charge is 0.124 e. The van der Waals surface area contributed by atoms with Gasteiger partial charge < -0.3 is 10.1 Å². The lowest BCUT2D eigenvalue weighted by atomic mass is 10.2. The minimum atomic E-state index is 0.182. The molecule has 3 heteroatoms. The zero-order valence-electron chi connectivity index (χ0n) is 11.7. The topological polar surface area (TPSA) is 34.2 Å². The molecule has 100 valence electrons. The molecule has 0 radical (unpaired) electrons. The molecule has 0 amide bonds. The predicted molar refractivity (Wildman–Crippen MR) is 78.5 cm³/mol. The largest absolute Gasteiger partial charge is 0.491 e. The van der Waals surface area contributed by atoms with Crippen LogP contribution in [-0.2, 0) is 6.54 Å². The molecule has 0 unspecified atom stereocenters. The van der Waals surface area contributed by atoms with Gasteiger partial charge in [0.25, 0.3) is 0 Å². The van der Waals surface area contributed by atoms with Crippen molar-refractivity contribution in [2.75, 3.05) is 5.32 Å². The van der Waals surface area contributed by atoms with Crippen LogP contribution in [-0.4, -0.2) is 11.1 Å². The Balaban J connectivity index is 2.09. The fourth-order valence-corrected chi connectivity index (χ4v) is 1.86. The number of nitrogens with one attached hydrogen (secondary N) is 1. The molecule has 2 rings (SSSR count). The van der Waals surface area contributed by atoms with Crippen molar-refractivity contribution in [2.45, 2.75) is 33.4 Å². The van der Waals surface area contributed by atoms with E-state index in [9.17, 15) is 0 Å². The van der Waals surface area contributed by atoms with Crippen molar-refractivity contribution in [1.82, 2.24) is 4.98 Å². The predicted octanol–water partition coefficient (Wildman–Crippen LogP) is 3.79. The van der Waals surface area contributed by atoms with Crippen molar-refractivity contribution in [3.05, 3.63) is 53.9 Å². The van der Waals surface area contributed by atoms with Crippen molar-refractivity contribution in [3.63, 3.8) is 0 Å². The van der Waals surface area contributed by atoms with Crippen LogP contribution in [0.1, 0.15) is 25.0 Å². The Hall–Kier alpha value is -2.03. The summed E-state index contributed by atoms with van der Waals surface area (Å²) in [5.74, 6) is 0.937. The average Bonchev–Trinajstić information content (AvgIpc) is 2.39. The van der Waals surface area contributed by atoms with E-state index in [0.29, 0.717) is 0 Å². The highest BCUT2D eigenvalue weighted by atomic mass is 16.5. The number of aryl methyl sites for hydroxylation is 1. The van der Waals surface area contributed by atoms with Crippen LogP contribution in [0.15, 0.2) is 42.7 Å². The van der Waals surface area contributed by atoms with Crippen molar-refractivity contribution in [2.24, 2.45) is 0 Å². The Morgan fingerprint density at radius 3 is 2.74 bits per heavy atom. The van der Waals surface area contributed by atoms with Crippen LogP contribution in [0.4, 0.5) is 5.69 Å². The Morgan fingerprint density at radius 2 is 2.00 bits per heavy atom. The van der Waals surface area contributed by atoms with Gasteiger partial charge in [0.05, 0.1) is 18.0 Å². The minimum Gasteiger partial charge on any atom is -0.491 e. The second-order valence-electron chi connectivity index (χ2n) is 4.82. The molecule has 1 heterocycles. The number of benzene rings is 1. The molecule has 1 N–H and O–H groups in total. The van der Waals surface area contributed by atoms with Crippen molar-refractivity contribution in [3.8, 4) is 5.75 Å². The first-order valence-corrected chi connectivity index (χ1v) is 6.56. The molecule has 0 atom stereocenters. The van der Waals surface area contributed by atoms with E-state index < -0.39 is 0 Å². The Kier molecular flexibility index (Phi) is 4.39. The van der Waals surface area contributed by atoms with E-state index in [2.05, 4.69) is 23.3 Å². The third-order valence-electron chi connectivity index (χ3n) is 2.84. The molecule has 0 aliphatic heterocycles. The van der Waals surface area contributed by atoms with Gasteiger partial charge in [-0.25, -0.2) is 0 Å². The van der Waals surface area contributed by atoms with Crippen LogP contribution in [0.25, 0.3) is 0 Å². The summed E-state index contributed by atoms with van der Waals surface area (Å²) in [6.07, 6.45) is 3.83. The molecule has 0 fully saturated rings. The van der Waals surface area contributed by atoms with E-state index in [1.165, 1.54) is 5.56 Å². The minimum absolute atomic E-state index is 0.182. The molecule has 0 spiro atoms. The van der Waals surface area contributed by atoms with Crippen molar-refractivity contribution < 1.29 is 4.74 Å². The lowest BCUT2D eigenvalue weighted by Gasteiger charge is -2.15. The van der Waals surface area contributed by atoms with Gasteiger partial charge in [-0.1, -0.05) is 18.2 Å². The van der Waals surface area contributed by atoms with Gasteiger partial charge in [0.2, 0.25) is 0 Å². The zero-order chi connectivity index (χ0) is 13.7. The van der Waals surface area contributed by atoms with Crippen LogP contribution in [0.2, 0.25) is 0 Å². The summed E-state index contributed by atoms with van der Waals surface area (Å²) in [5, 5.41) is 3.40. The molecule has 0 aliphatic carbocycles. The highest BCUT2D eigenvalue weighted by molar-refractivity contribution is 5.49. The maximum atomic E-state index is 5.81. The number of nitrogens with zero attached hydrogens (tertiary/aromatic N) is 1. The molecule has 0 aliphatic rings. The lowest BCUT2D eigenvalue weighted by Crippen LogP contribution is -2.09. The van der Waals surface area contributed by atoms with Crippen LogP contribution < -0.4 is 10.1 Å². The molecular weight excluding hydrogens is 236 g/mol. The zero-order valence-corrected chi connectivity index (χ0v) is 11.7. The highest BCUT2D eigenvalue weighted by Crippen LogP contribution is 2.21. The van der Waals surface area contributed by atoms with Gasteiger partial charge in [-0.05, 0) is 38.5 Å². The first kappa shape index (κ1) is 13.4. The summed E-state index contributed by atoms with van der Waals surface area (Å²) in [6.45, 7) is 6.88. The van der Waals surface area contributed by atoms with Gasteiger partial charge in [-0.3, -0.25) is 4.98 Å². The first-order chi connectivity index (χ1) is 9.16. The normalized spacial score (nSPS) is 10.5. The van der Waals surface area contributed by atoms with E-state index in [0.717, 1.165) is 23.5 Å². The van der Waals surface area contributed by atoms with Gasteiger partial charge in [0.1, 0.15) is 5.75 Å². The van der Waals surface area contributed by atoms with Gasteiger partial charge in [-0.2, -0.15) is 0 Å². The van der Waals surface area contributed by atoms with Crippen LogP contribution in [0, 0.1) is 6.92 Å². The van der Waals surface area contributed by atoms with Gasteiger partial charge in [0.15, 0.2) is 0 Å². The third kappa shape index (κ3) is 3.71.